The Hall–Kier alpha value is -4.06. The summed E-state index contributed by atoms with van der Waals surface area (Å²) in [5, 5.41) is 0. The lowest BCUT2D eigenvalue weighted by atomic mass is 10.1. The van der Waals surface area contributed by atoms with Crippen molar-refractivity contribution in [2.45, 2.75) is 39.9 Å². The van der Waals surface area contributed by atoms with Gasteiger partial charge in [-0.2, -0.15) is 0 Å². The van der Waals surface area contributed by atoms with Gasteiger partial charge >= 0.3 is 5.97 Å². The average molecular weight is 472 g/mol. The molecule has 4 aromatic rings. The van der Waals surface area contributed by atoms with Gasteiger partial charge in [0.15, 0.2) is 0 Å². The molecule has 1 aromatic heterocycles. The topological polar surface area (TPSA) is 70.8 Å². The highest BCUT2D eigenvalue weighted by atomic mass is 16.5. The number of nitrogens with zero attached hydrogens (tertiary/aromatic N) is 1. The third kappa shape index (κ3) is 6.96. The quantitative estimate of drug-likeness (QED) is 0.239. The number of benzene rings is 3. The van der Waals surface area contributed by atoms with Crippen LogP contribution in [0.4, 0.5) is 0 Å². The minimum atomic E-state index is -0.173. The van der Waals surface area contributed by atoms with Crippen LogP contribution in [0.2, 0.25) is 0 Å². The van der Waals surface area contributed by atoms with Crippen molar-refractivity contribution in [3.63, 3.8) is 0 Å². The summed E-state index contributed by atoms with van der Waals surface area (Å²) in [6.45, 7) is 4.90. The van der Waals surface area contributed by atoms with Crippen molar-refractivity contribution in [1.29, 1.82) is 0 Å². The summed E-state index contributed by atoms with van der Waals surface area (Å²) < 4.78 is 22.6. The predicted octanol–water partition coefficient (Wildman–Crippen LogP) is 6.30. The van der Waals surface area contributed by atoms with E-state index < -0.39 is 0 Å². The number of oxazole rings is 1. The molecule has 0 aliphatic heterocycles. The molecule has 0 aliphatic rings. The molecule has 0 radical (unpaired) electrons. The molecule has 0 amide bonds. The number of rotatable bonds is 11. The highest BCUT2D eigenvalue weighted by Crippen LogP contribution is 2.23. The molecular weight excluding hydrogens is 442 g/mol. The van der Waals surface area contributed by atoms with Gasteiger partial charge in [0.25, 0.3) is 0 Å². The first-order chi connectivity index (χ1) is 17.1. The molecule has 180 valence electrons. The first-order valence-electron chi connectivity index (χ1n) is 11.7. The Morgan fingerprint density at radius 1 is 0.829 bits per heavy atom. The van der Waals surface area contributed by atoms with Crippen molar-refractivity contribution in [2.75, 3.05) is 6.61 Å². The van der Waals surface area contributed by atoms with E-state index in [0.29, 0.717) is 38.6 Å². The molecule has 0 aliphatic carbocycles. The molecule has 0 saturated heterocycles. The summed E-state index contributed by atoms with van der Waals surface area (Å²) >= 11 is 0. The van der Waals surface area contributed by atoms with Crippen LogP contribution in [-0.4, -0.2) is 17.6 Å². The van der Waals surface area contributed by atoms with E-state index in [1.54, 1.807) is 0 Å². The Labute approximate surface area is 205 Å². The molecule has 0 N–H and O–H groups in total. The Bertz CT molecular complexity index is 1210. The number of carbonyl (C=O) groups excluding carboxylic acids is 1. The second-order valence-electron chi connectivity index (χ2n) is 8.06. The molecule has 0 unspecified atom stereocenters. The van der Waals surface area contributed by atoms with Crippen LogP contribution in [0.25, 0.3) is 11.5 Å². The van der Waals surface area contributed by atoms with Crippen LogP contribution >= 0.6 is 0 Å². The number of esters is 1. The second-order valence-corrected chi connectivity index (χ2v) is 8.06. The van der Waals surface area contributed by atoms with Gasteiger partial charge in [0.2, 0.25) is 5.89 Å². The monoisotopic (exact) mass is 471 g/mol. The SMILES string of the molecule is CCOC(=O)CCc1ccc(OCc2ccc(OCc3nc(-c4ccccc4)oc3C)cc2)cc1. The minimum Gasteiger partial charge on any atom is -0.489 e. The predicted molar refractivity (Wildman–Crippen MR) is 133 cm³/mol. The number of carbonyl (C=O) groups is 1. The minimum absolute atomic E-state index is 0.173. The van der Waals surface area contributed by atoms with Gasteiger partial charge in [-0.05, 0) is 67.8 Å². The Balaban J connectivity index is 1.24. The lowest BCUT2D eigenvalue weighted by Crippen LogP contribution is -2.05. The maximum absolute atomic E-state index is 11.5. The van der Waals surface area contributed by atoms with Crippen molar-refractivity contribution in [3.8, 4) is 23.0 Å². The maximum atomic E-state index is 11.5. The smallest absolute Gasteiger partial charge is 0.306 e. The summed E-state index contributed by atoms with van der Waals surface area (Å²) in [5.74, 6) is 2.71. The van der Waals surface area contributed by atoms with Crippen molar-refractivity contribution < 1.29 is 23.4 Å². The Morgan fingerprint density at radius 3 is 2.11 bits per heavy atom. The third-order valence-electron chi connectivity index (χ3n) is 5.46. The van der Waals surface area contributed by atoms with Gasteiger partial charge in [0, 0.05) is 12.0 Å². The van der Waals surface area contributed by atoms with Crippen LogP contribution in [0.5, 0.6) is 11.5 Å². The van der Waals surface area contributed by atoms with E-state index in [2.05, 4.69) is 4.98 Å². The van der Waals surface area contributed by atoms with Crippen LogP contribution in [0.3, 0.4) is 0 Å². The first-order valence-corrected chi connectivity index (χ1v) is 11.7. The van der Waals surface area contributed by atoms with Crippen LogP contribution in [-0.2, 0) is 29.2 Å². The molecule has 0 fully saturated rings. The molecule has 0 spiro atoms. The fourth-order valence-electron chi connectivity index (χ4n) is 3.50. The summed E-state index contributed by atoms with van der Waals surface area (Å²) in [4.78, 5) is 16.1. The van der Waals surface area contributed by atoms with E-state index in [0.717, 1.165) is 39.6 Å². The largest absolute Gasteiger partial charge is 0.489 e. The fourth-order valence-corrected chi connectivity index (χ4v) is 3.50. The highest BCUT2D eigenvalue weighted by Gasteiger charge is 2.12. The van der Waals surface area contributed by atoms with E-state index in [-0.39, 0.29) is 5.97 Å². The summed E-state index contributed by atoms with van der Waals surface area (Å²) in [6, 6.07) is 25.4. The lowest BCUT2D eigenvalue weighted by Gasteiger charge is -2.09. The number of hydrogen-bond acceptors (Lipinski definition) is 6. The van der Waals surface area contributed by atoms with Gasteiger partial charge in [0.05, 0.1) is 6.61 Å². The number of aryl methyl sites for hydroxylation is 2. The molecule has 4 rings (SSSR count). The van der Waals surface area contributed by atoms with Crippen molar-refractivity contribution >= 4 is 5.97 Å². The zero-order valence-corrected chi connectivity index (χ0v) is 20.0. The average Bonchev–Trinajstić information content (AvgIpc) is 3.27. The van der Waals surface area contributed by atoms with Gasteiger partial charge in [-0.15, -0.1) is 0 Å². The Kier molecular flexibility index (Phi) is 8.17. The number of aromatic nitrogens is 1. The third-order valence-corrected chi connectivity index (χ3v) is 5.46. The zero-order valence-electron chi connectivity index (χ0n) is 20.0. The molecule has 3 aromatic carbocycles. The molecule has 6 heteroatoms. The van der Waals surface area contributed by atoms with Crippen molar-refractivity contribution in [1.82, 2.24) is 4.98 Å². The molecule has 0 saturated carbocycles. The van der Waals surface area contributed by atoms with Crippen molar-refractivity contribution in [3.05, 3.63) is 101 Å². The molecule has 0 bridgehead atoms. The summed E-state index contributed by atoms with van der Waals surface area (Å²) in [5.41, 5.74) is 3.83. The van der Waals surface area contributed by atoms with Crippen LogP contribution in [0.1, 0.15) is 35.9 Å². The van der Waals surface area contributed by atoms with Crippen LogP contribution in [0.15, 0.2) is 83.3 Å². The Morgan fingerprint density at radius 2 is 1.46 bits per heavy atom. The van der Waals surface area contributed by atoms with E-state index >= 15 is 0 Å². The van der Waals surface area contributed by atoms with Gasteiger partial charge in [0.1, 0.15) is 36.2 Å². The van der Waals surface area contributed by atoms with E-state index in [1.165, 1.54) is 0 Å². The standard InChI is InChI=1S/C29H29NO5/c1-3-32-28(31)18-13-22-9-14-25(15-10-22)33-19-23-11-16-26(17-12-23)34-20-27-21(2)35-29(30-27)24-7-5-4-6-8-24/h4-12,14-17H,3,13,18-20H2,1-2H3. The van der Waals surface area contributed by atoms with Crippen LogP contribution < -0.4 is 9.47 Å². The number of ether oxygens (including phenoxy) is 3. The fraction of sp³-hybridized carbons (Fsp3) is 0.241. The molecule has 6 nitrogen and oxygen atoms in total. The maximum Gasteiger partial charge on any atom is 0.306 e. The zero-order chi connectivity index (χ0) is 24.5. The highest BCUT2D eigenvalue weighted by molar-refractivity contribution is 5.69. The molecule has 1 heterocycles. The summed E-state index contributed by atoms with van der Waals surface area (Å²) in [7, 11) is 0. The molecule has 35 heavy (non-hydrogen) atoms. The summed E-state index contributed by atoms with van der Waals surface area (Å²) in [6.07, 6.45) is 1.04. The van der Waals surface area contributed by atoms with Crippen molar-refractivity contribution in [2.24, 2.45) is 0 Å². The van der Waals surface area contributed by atoms with Gasteiger partial charge in [-0.1, -0.05) is 42.5 Å². The molecule has 0 atom stereocenters. The van der Waals surface area contributed by atoms with E-state index in [4.69, 9.17) is 18.6 Å². The molecular formula is C29H29NO5. The normalized spacial score (nSPS) is 10.7. The number of hydrogen-bond donors (Lipinski definition) is 0. The van der Waals surface area contributed by atoms with Gasteiger partial charge in [-0.3, -0.25) is 4.79 Å². The van der Waals surface area contributed by atoms with E-state index in [9.17, 15) is 4.79 Å². The first kappa shape index (κ1) is 24.1. The van der Waals surface area contributed by atoms with Gasteiger partial charge < -0.3 is 18.6 Å². The van der Waals surface area contributed by atoms with Gasteiger partial charge in [-0.25, -0.2) is 4.98 Å². The second kappa shape index (κ2) is 11.9. The lowest BCUT2D eigenvalue weighted by molar-refractivity contribution is -0.143. The van der Waals surface area contributed by atoms with E-state index in [1.807, 2.05) is 92.7 Å². The van der Waals surface area contributed by atoms with Crippen LogP contribution in [0, 0.1) is 6.92 Å².